The van der Waals surface area contributed by atoms with Gasteiger partial charge >= 0.3 is 0 Å². The molecular weight excluding hydrogens is 318 g/mol. The van der Waals surface area contributed by atoms with Gasteiger partial charge in [0, 0.05) is 57.0 Å². The monoisotopic (exact) mass is 341 g/mol. The van der Waals surface area contributed by atoms with Crippen molar-refractivity contribution in [3.63, 3.8) is 0 Å². The molecule has 0 aromatic carbocycles. The number of hydrogen-bond acceptors (Lipinski definition) is 6. The van der Waals surface area contributed by atoms with Crippen LogP contribution in [0, 0.1) is 0 Å². The van der Waals surface area contributed by atoms with Gasteiger partial charge in [-0.3, -0.25) is 19.7 Å². The number of anilines is 1. The van der Waals surface area contributed by atoms with E-state index in [1.807, 2.05) is 18.2 Å². The third kappa shape index (κ3) is 5.51. The highest BCUT2D eigenvalue weighted by Gasteiger charge is 2.10. The number of morpholine rings is 1. The largest absolute Gasteiger partial charge is 0.384 e. The van der Waals surface area contributed by atoms with Crippen LogP contribution in [0.2, 0.25) is 0 Å². The molecule has 1 aliphatic heterocycles. The Morgan fingerprint density at radius 3 is 2.76 bits per heavy atom. The van der Waals surface area contributed by atoms with Crippen LogP contribution in [0.4, 0.5) is 5.69 Å². The van der Waals surface area contributed by atoms with Crippen molar-refractivity contribution in [1.29, 1.82) is 0 Å². The minimum atomic E-state index is -0.186. The second-order valence-corrected chi connectivity index (χ2v) is 5.85. The van der Waals surface area contributed by atoms with Crippen LogP contribution in [0.3, 0.4) is 0 Å². The van der Waals surface area contributed by atoms with Crippen LogP contribution in [0.1, 0.15) is 16.1 Å². The highest BCUT2D eigenvalue weighted by molar-refractivity contribution is 5.93. The van der Waals surface area contributed by atoms with E-state index >= 15 is 0 Å². The predicted octanol–water partition coefficient (Wildman–Crippen LogP) is 1.15. The molecule has 1 aliphatic rings. The van der Waals surface area contributed by atoms with E-state index in [1.54, 1.807) is 24.7 Å². The van der Waals surface area contributed by atoms with E-state index in [0.717, 1.165) is 50.6 Å². The Labute approximate surface area is 147 Å². The lowest BCUT2D eigenvalue weighted by molar-refractivity contribution is 0.0398. The van der Waals surface area contributed by atoms with Crippen molar-refractivity contribution in [2.24, 2.45) is 0 Å². The number of nitrogens with one attached hydrogen (secondary N) is 2. The van der Waals surface area contributed by atoms with Gasteiger partial charge in [-0.15, -0.1) is 0 Å². The van der Waals surface area contributed by atoms with E-state index in [9.17, 15) is 4.79 Å². The van der Waals surface area contributed by atoms with Crippen LogP contribution >= 0.6 is 0 Å². The first-order chi connectivity index (χ1) is 12.3. The molecule has 1 saturated heterocycles. The van der Waals surface area contributed by atoms with Crippen molar-refractivity contribution >= 4 is 11.6 Å². The third-order valence-electron chi connectivity index (χ3n) is 4.06. The number of carbonyl (C=O) groups is 1. The van der Waals surface area contributed by atoms with Gasteiger partial charge < -0.3 is 15.4 Å². The fourth-order valence-electron chi connectivity index (χ4n) is 2.62. The summed E-state index contributed by atoms with van der Waals surface area (Å²) in [4.78, 5) is 22.7. The number of carbonyl (C=O) groups excluding carboxylic acids is 1. The smallest absolute Gasteiger partial charge is 0.270 e. The molecule has 3 heterocycles. The summed E-state index contributed by atoms with van der Waals surface area (Å²) in [5, 5.41) is 6.22. The Kier molecular flexibility index (Phi) is 6.30. The number of ether oxygens (including phenoxy) is 1. The van der Waals surface area contributed by atoms with E-state index in [-0.39, 0.29) is 5.91 Å². The van der Waals surface area contributed by atoms with Crippen molar-refractivity contribution in [2.75, 3.05) is 44.7 Å². The molecule has 0 aliphatic carbocycles. The van der Waals surface area contributed by atoms with E-state index in [4.69, 9.17) is 4.74 Å². The molecule has 0 spiro atoms. The van der Waals surface area contributed by atoms with Crippen LogP contribution in [-0.2, 0) is 11.3 Å². The van der Waals surface area contributed by atoms with Gasteiger partial charge in [-0.2, -0.15) is 0 Å². The number of amides is 1. The summed E-state index contributed by atoms with van der Waals surface area (Å²) in [7, 11) is 0. The zero-order chi connectivity index (χ0) is 17.3. The molecule has 0 atom stereocenters. The fraction of sp³-hybridized carbons (Fsp3) is 0.389. The predicted molar refractivity (Wildman–Crippen MR) is 95.4 cm³/mol. The first-order valence-corrected chi connectivity index (χ1v) is 8.48. The standard InChI is InChI=1S/C18H23N5O2/c24-18(22-14-15-1-4-19-5-2-15)17-13-16(3-6-21-17)20-7-8-23-9-11-25-12-10-23/h1-6,13H,7-12,14H2,(H,20,21)(H,22,24). The Hall–Kier alpha value is -2.51. The first-order valence-electron chi connectivity index (χ1n) is 8.48. The van der Waals surface area contributed by atoms with Crippen molar-refractivity contribution in [1.82, 2.24) is 20.2 Å². The molecule has 1 amide bonds. The van der Waals surface area contributed by atoms with Gasteiger partial charge in [-0.25, -0.2) is 0 Å². The van der Waals surface area contributed by atoms with Crippen molar-refractivity contribution in [3.8, 4) is 0 Å². The van der Waals surface area contributed by atoms with E-state index in [1.165, 1.54) is 0 Å². The van der Waals surface area contributed by atoms with Crippen LogP contribution in [0.5, 0.6) is 0 Å². The summed E-state index contributed by atoms with van der Waals surface area (Å²) in [5.41, 5.74) is 2.31. The Morgan fingerprint density at radius 1 is 1.16 bits per heavy atom. The summed E-state index contributed by atoms with van der Waals surface area (Å²) in [5.74, 6) is -0.186. The number of pyridine rings is 2. The van der Waals surface area contributed by atoms with Crippen LogP contribution < -0.4 is 10.6 Å². The van der Waals surface area contributed by atoms with Gasteiger partial charge in [0.15, 0.2) is 0 Å². The molecule has 3 rings (SSSR count). The minimum absolute atomic E-state index is 0.186. The first kappa shape index (κ1) is 17.3. The second kappa shape index (κ2) is 9.10. The lowest BCUT2D eigenvalue weighted by Gasteiger charge is -2.26. The maximum absolute atomic E-state index is 12.3. The number of hydrogen-bond donors (Lipinski definition) is 2. The molecule has 2 N–H and O–H groups in total. The number of rotatable bonds is 7. The highest BCUT2D eigenvalue weighted by Crippen LogP contribution is 2.08. The summed E-state index contributed by atoms with van der Waals surface area (Å²) in [6.07, 6.45) is 5.07. The van der Waals surface area contributed by atoms with Crippen molar-refractivity contribution in [3.05, 3.63) is 54.1 Å². The summed E-state index contributed by atoms with van der Waals surface area (Å²) >= 11 is 0. The van der Waals surface area contributed by atoms with E-state index in [2.05, 4.69) is 25.5 Å². The Balaban J connectivity index is 1.47. The molecule has 0 bridgehead atoms. The average Bonchev–Trinajstić information content (AvgIpc) is 2.68. The van der Waals surface area contributed by atoms with Crippen LogP contribution in [0.15, 0.2) is 42.9 Å². The molecule has 1 fully saturated rings. The van der Waals surface area contributed by atoms with Gasteiger partial charge in [-0.05, 0) is 29.8 Å². The van der Waals surface area contributed by atoms with Gasteiger partial charge in [-0.1, -0.05) is 0 Å². The molecule has 25 heavy (non-hydrogen) atoms. The van der Waals surface area contributed by atoms with Gasteiger partial charge in [0.2, 0.25) is 0 Å². The summed E-state index contributed by atoms with van der Waals surface area (Å²) in [6.45, 7) is 5.78. The number of nitrogens with zero attached hydrogens (tertiary/aromatic N) is 3. The molecule has 2 aromatic heterocycles. The summed E-state index contributed by atoms with van der Waals surface area (Å²) in [6, 6.07) is 7.40. The molecule has 132 valence electrons. The SMILES string of the molecule is O=C(NCc1ccncc1)c1cc(NCCN2CCOCC2)ccn1. The zero-order valence-electron chi connectivity index (χ0n) is 14.1. The normalized spacial score (nSPS) is 14.9. The summed E-state index contributed by atoms with van der Waals surface area (Å²) < 4.78 is 5.34. The Morgan fingerprint density at radius 2 is 1.96 bits per heavy atom. The van der Waals surface area contributed by atoms with Gasteiger partial charge in [0.05, 0.1) is 13.2 Å². The maximum Gasteiger partial charge on any atom is 0.270 e. The second-order valence-electron chi connectivity index (χ2n) is 5.85. The van der Waals surface area contributed by atoms with E-state index in [0.29, 0.717) is 12.2 Å². The topological polar surface area (TPSA) is 79.4 Å². The molecule has 0 radical (unpaired) electrons. The fourth-order valence-corrected chi connectivity index (χ4v) is 2.62. The lowest BCUT2D eigenvalue weighted by atomic mass is 10.2. The molecule has 7 nitrogen and oxygen atoms in total. The third-order valence-corrected chi connectivity index (χ3v) is 4.06. The van der Waals surface area contributed by atoms with E-state index < -0.39 is 0 Å². The number of aromatic nitrogens is 2. The molecule has 0 saturated carbocycles. The van der Waals surface area contributed by atoms with Crippen molar-refractivity contribution in [2.45, 2.75) is 6.54 Å². The molecule has 2 aromatic rings. The minimum Gasteiger partial charge on any atom is -0.384 e. The van der Waals surface area contributed by atoms with Crippen molar-refractivity contribution < 1.29 is 9.53 Å². The van der Waals surface area contributed by atoms with Crippen LogP contribution in [-0.4, -0.2) is 60.2 Å². The highest BCUT2D eigenvalue weighted by atomic mass is 16.5. The van der Waals surface area contributed by atoms with Gasteiger partial charge in [0.25, 0.3) is 5.91 Å². The lowest BCUT2D eigenvalue weighted by Crippen LogP contribution is -2.39. The molecule has 7 heteroatoms. The molecular formula is C18H23N5O2. The zero-order valence-corrected chi connectivity index (χ0v) is 14.1. The van der Waals surface area contributed by atoms with Crippen LogP contribution in [0.25, 0.3) is 0 Å². The molecule has 0 unspecified atom stereocenters. The van der Waals surface area contributed by atoms with Gasteiger partial charge in [0.1, 0.15) is 5.69 Å². The Bertz CT molecular complexity index is 674. The average molecular weight is 341 g/mol. The maximum atomic E-state index is 12.3. The quantitative estimate of drug-likeness (QED) is 0.786.